The zero-order valence-electron chi connectivity index (χ0n) is 14.8. The molecule has 1 N–H and O–H groups in total. The highest BCUT2D eigenvalue weighted by Gasteiger charge is 2.31. The van der Waals surface area contributed by atoms with Crippen LogP contribution >= 0.6 is 0 Å². The van der Waals surface area contributed by atoms with E-state index < -0.39 is 6.04 Å². The Labute approximate surface area is 157 Å². The first kappa shape index (κ1) is 17.1. The van der Waals surface area contributed by atoms with Gasteiger partial charge in [-0.1, -0.05) is 48.5 Å². The summed E-state index contributed by atoms with van der Waals surface area (Å²) in [6.45, 7) is 0.625. The minimum Gasteiger partial charge on any atom is -0.459 e. The molecule has 1 unspecified atom stereocenters. The number of amides is 2. The molecular formula is C22H20N2O3. The van der Waals surface area contributed by atoms with Crippen molar-refractivity contribution >= 4 is 17.5 Å². The van der Waals surface area contributed by atoms with E-state index in [1.54, 1.807) is 17.0 Å². The first-order chi connectivity index (χ1) is 13.2. The van der Waals surface area contributed by atoms with E-state index in [2.05, 4.69) is 5.32 Å². The molecule has 0 bridgehead atoms. The van der Waals surface area contributed by atoms with Gasteiger partial charge in [0.05, 0.1) is 6.26 Å². The van der Waals surface area contributed by atoms with Crippen molar-refractivity contribution in [3.63, 3.8) is 0 Å². The fraction of sp³-hybridized carbons (Fsp3) is 0.182. The Balaban J connectivity index is 1.59. The molecule has 0 spiro atoms. The van der Waals surface area contributed by atoms with Crippen LogP contribution in [0, 0.1) is 0 Å². The van der Waals surface area contributed by atoms with Crippen LogP contribution in [0.4, 0.5) is 5.69 Å². The molecule has 0 saturated carbocycles. The van der Waals surface area contributed by atoms with Crippen LogP contribution in [0.15, 0.2) is 77.4 Å². The predicted octanol–water partition coefficient (Wildman–Crippen LogP) is 3.21. The summed E-state index contributed by atoms with van der Waals surface area (Å²) in [4.78, 5) is 27.6. The highest BCUT2D eigenvalue weighted by atomic mass is 16.3. The molecule has 2 aromatic carbocycles. The van der Waals surface area contributed by atoms with Crippen LogP contribution in [0.25, 0.3) is 0 Å². The molecule has 3 aromatic rings. The largest absolute Gasteiger partial charge is 0.459 e. The number of nitrogens with one attached hydrogen (secondary N) is 1. The lowest BCUT2D eigenvalue weighted by Crippen LogP contribution is -2.49. The van der Waals surface area contributed by atoms with Crippen molar-refractivity contribution in [3.8, 4) is 0 Å². The lowest BCUT2D eigenvalue weighted by Gasteiger charge is -2.25. The first-order valence-electron chi connectivity index (χ1n) is 9.00. The highest BCUT2D eigenvalue weighted by Crippen LogP contribution is 2.28. The van der Waals surface area contributed by atoms with Gasteiger partial charge in [-0.05, 0) is 35.7 Å². The first-order valence-corrected chi connectivity index (χ1v) is 9.00. The van der Waals surface area contributed by atoms with Gasteiger partial charge in [0.25, 0.3) is 5.91 Å². The average molecular weight is 360 g/mol. The van der Waals surface area contributed by atoms with E-state index >= 15 is 0 Å². The minimum atomic E-state index is -0.670. The van der Waals surface area contributed by atoms with Crippen molar-refractivity contribution in [2.24, 2.45) is 0 Å². The molecule has 5 heteroatoms. The normalized spacial score (nSPS) is 13.9. The van der Waals surface area contributed by atoms with Crippen LogP contribution in [0.1, 0.15) is 21.7 Å². The number of para-hydroxylation sites is 1. The highest BCUT2D eigenvalue weighted by molar-refractivity contribution is 6.02. The summed E-state index contributed by atoms with van der Waals surface area (Å²) >= 11 is 0. The van der Waals surface area contributed by atoms with Gasteiger partial charge in [-0.25, -0.2) is 0 Å². The zero-order valence-corrected chi connectivity index (χ0v) is 14.8. The summed E-state index contributed by atoms with van der Waals surface area (Å²) in [7, 11) is 0. The van der Waals surface area contributed by atoms with Gasteiger partial charge >= 0.3 is 0 Å². The number of fused-ring (bicyclic) bond motifs is 1. The second kappa shape index (κ2) is 7.50. The van der Waals surface area contributed by atoms with Gasteiger partial charge in [-0.3, -0.25) is 9.59 Å². The van der Waals surface area contributed by atoms with Crippen molar-refractivity contribution in [3.05, 3.63) is 89.9 Å². The van der Waals surface area contributed by atoms with E-state index in [-0.39, 0.29) is 17.6 Å². The van der Waals surface area contributed by atoms with Crippen LogP contribution in [0.2, 0.25) is 0 Å². The van der Waals surface area contributed by atoms with Crippen molar-refractivity contribution in [1.29, 1.82) is 0 Å². The molecule has 1 aliphatic heterocycles. The molecule has 1 aromatic heterocycles. The second-order valence-corrected chi connectivity index (χ2v) is 6.56. The van der Waals surface area contributed by atoms with Gasteiger partial charge in [0.1, 0.15) is 6.04 Å². The summed E-state index contributed by atoms with van der Waals surface area (Å²) < 4.78 is 5.17. The number of furan rings is 1. The number of carbonyl (C=O) groups is 2. The number of carbonyl (C=O) groups excluding carboxylic acids is 2. The van der Waals surface area contributed by atoms with Gasteiger partial charge in [0.2, 0.25) is 5.91 Å². The maximum Gasteiger partial charge on any atom is 0.287 e. The number of rotatable bonds is 5. The van der Waals surface area contributed by atoms with E-state index in [4.69, 9.17) is 4.42 Å². The van der Waals surface area contributed by atoms with Gasteiger partial charge in [0.15, 0.2) is 5.76 Å². The molecule has 2 heterocycles. The summed E-state index contributed by atoms with van der Waals surface area (Å²) in [5, 5.41) is 2.85. The summed E-state index contributed by atoms with van der Waals surface area (Å²) in [6, 6.07) is 20.2. The van der Waals surface area contributed by atoms with Crippen LogP contribution in [0.5, 0.6) is 0 Å². The van der Waals surface area contributed by atoms with E-state index in [1.165, 1.54) is 6.26 Å². The van der Waals surface area contributed by atoms with Gasteiger partial charge in [-0.2, -0.15) is 0 Å². The zero-order chi connectivity index (χ0) is 18.6. The third-order valence-corrected chi connectivity index (χ3v) is 4.78. The quantitative estimate of drug-likeness (QED) is 0.760. The van der Waals surface area contributed by atoms with Crippen LogP contribution in [0.3, 0.4) is 0 Å². The van der Waals surface area contributed by atoms with E-state index in [9.17, 15) is 9.59 Å². The molecule has 0 radical (unpaired) electrons. The average Bonchev–Trinajstić information content (AvgIpc) is 3.38. The molecule has 2 amide bonds. The Morgan fingerprint density at radius 3 is 2.56 bits per heavy atom. The fourth-order valence-electron chi connectivity index (χ4n) is 3.44. The molecule has 4 rings (SSSR count). The van der Waals surface area contributed by atoms with Gasteiger partial charge < -0.3 is 14.6 Å². The summed E-state index contributed by atoms with van der Waals surface area (Å²) in [5.74, 6) is -0.298. The van der Waals surface area contributed by atoms with E-state index in [0.29, 0.717) is 13.0 Å². The van der Waals surface area contributed by atoms with E-state index in [1.807, 2.05) is 54.6 Å². The molecule has 5 nitrogen and oxygen atoms in total. The number of benzene rings is 2. The smallest absolute Gasteiger partial charge is 0.287 e. The number of nitrogens with zero attached hydrogens (tertiary/aromatic N) is 1. The summed E-state index contributed by atoms with van der Waals surface area (Å²) in [5.41, 5.74) is 3.07. The molecule has 1 aliphatic rings. The standard InChI is InChI=1S/C22H20N2O3/c25-21(20-11-6-14-27-20)23-18(15-16-7-2-1-3-8-16)22(26)24-13-12-17-9-4-5-10-19(17)24/h1-11,14,18H,12-13,15H2,(H,23,25). The minimum absolute atomic E-state index is 0.108. The summed E-state index contributed by atoms with van der Waals surface area (Å²) in [6.07, 6.45) is 2.69. The lowest BCUT2D eigenvalue weighted by molar-refractivity contribution is -0.120. The maximum absolute atomic E-state index is 13.3. The topological polar surface area (TPSA) is 62.6 Å². The Hall–Kier alpha value is -3.34. The van der Waals surface area contributed by atoms with Gasteiger partial charge in [-0.15, -0.1) is 0 Å². The lowest BCUT2D eigenvalue weighted by atomic mass is 10.0. The second-order valence-electron chi connectivity index (χ2n) is 6.56. The monoisotopic (exact) mass is 360 g/mol. The van der Waals surface area contributed by atoms with Crippen LogP contribution < -0.4 is 10.2 Å². The molecular weight excluding hydrogens is 340 g/mol. The Morgan fingerprint density at radius 1 is 1.00 bits per heavy atom. The van der Waals surface area contributed by atoms with E-state index in [0.717, 1.165) is 23.2 Å². The van der Waals surface area contributed by atoms with Crippen LogP contribution in [-0.2, 0) is 17.6 Å². The van der Waals surface area contributed by atoms with Crippen LogP contribution in [-0.4, -0.2) is 24.4 Å². The van der Waals surface area contributed by atoms with Crippen molar-refractivity contribution < 1.29 is 14.0 Å². The Bertz CT molecular complexity index is 935. The predicted molar refractivity (Wildman–Crippen MR) is 103 cm³/mol. The van der Waals surface area contributed by atoms with Crippen molar-refractivity contribution in [1.82, 2.24) is 5.32 Å². The molecule has 0 aliphatic carbocycles. The third kappa shape index (κ3) is 3.62. The molecule has 1 atom stereocenters. The number of anilines is 1. The Morgan fingerprint density at radius 2 is 1.78 bits per heavy atom. The fourth-order valence-corrected chi connectivity index (χ4v) is 3.44. The molecule has 0 saturated heterocycles. The van der Waals surface area contributed by atoms with Crippen molar-refractivity contribution in [2.45, 2.75) is 18.9 Å². The Kier molecular flexibility index (Phi) is 4.75. The van der Waals surface area contributed by atoms with Crippen molar-refractivity contribution in [2.75, 3.05) is 11.4 Å². The SMILES string of the molecule is O=C(NC(Cc1ccccc1)C(=O)N1CCc2ccccc21)c1ccco1. The number of hydrogen-bond acceptors (Lipinski definition) is 3. The third-order valence-electron chi connectivity index (χ3n) is 4.78. The maximum atomic E-state index is 13.3. The number of hydrogen-bond donors (Lipinski definition) is 1. The molecule has 0 fully saturated rings. The molecule has 136 valence electrons. The van der Waals surface area contributed by atoms with Gasteiger partial charge in [0, 0.05) is 18.7 Å². The molecule has 27 heavy (non-hydrogen) atoms.